The molecule has 0 spiro atoms. The summed E-state index contributed by atoms with van der Waals surface area (Å²) in [4.78, 5) is 21.2. The van der Waals surface area contributed by atoms with Crippen molar-refractivity contribution in [2.75, 3.05) is 0 Å². The van der Waals surface area contributed by atoms with Crippen LogP contribution in [0.15, 0.2) is 64.5 Å². The van der Waals surface area contributed by atoms with E-state index in [9.17, 15) is 4.79 Å². The zero-order valence-electron chi connectivity index (χ0n) is 18.7. The predicted octanol–water partition coefficient (Wildman–Crippen LogP) is 4.77. The van der Waals surface area contributed by atoms with Gasteiger partial charge in [0.2, 0.25) is 5.17 Å². The Morgan fingerprint density at radius 2 is 1.82 bits per heavy atom. The highest BCUT2D eigenvalue weighted by Crippen LogP contribution is 2.31. The quantitative estimate of drug-likeness (QED) is 0.578. The molecule has 0 fully saturated rings. The predicted molar refractivity (Wildman–Crippen MR) is 133 cm³/mol. The summed E-state index contributed by atoms with van der Waals surface area (Å²) < 4.78 is 2.17. The zero-order chi connectivity index (χ0) is 23.3. The molecule has 7 nitrogen and oxygen atoms in total. The third-order valence-electron chi connectivity index (χ3n) is 5.60. The minimum absolute atomic E-state index is 0.0209. The van der Waals surface area contributed by atoms with E-state index in [1.54, 1.807) is 18.5 Å². The van der Waals surface area contributed by atoms with Crippen LogP contribution in [0.4, 0.5) is 0 Å². The summed E-state index contributed by atoms with van der Waals surface area (Å²) in [6.45, 7) is 8.23. The monoisotopic (exact) mass is 454 g/mol. The van der Waals surface area contributed by atoms with Gasteiger partial charge in [-0.2, -0.15) is 15.1 Å². The molecule has 0 aliphatic carbocycles. The molecule has 0 saturated carbocycles. The van der Waals surface area contributed by atoms with Crippen molar-refractivity contribution in [2.24, 2.45) is 10.1 Å². The van der Waals surface area contributed by atoms with Crippen molar-refractivity contribution in [3.8, 4) is 5.69 Å². The van der Waals surface area contributed by atoms with Gasteiger partial charge in [-0.15, -0.1) is 0 Å². The van der Waals surface area contributed by atoms with Crippen LogP contribution in [0.2, 0.25) is 0 Å². The maximum Gasteiger partial charge on any atom is 0.283 e. The smallest absolute Gasteiger partial charge is 0.283 e. The topological polar surface area (TPSA) is 86.7 Å². The fraction of sp³-hybridized carbons (Fsp3) is 0.160. The van der Waals surface area contributed by atoms with E-state index >= 15 is 0 Å². The van der Waals surface area contributed by atoms with E-state index in [-0.39, 0.29) is 11.4 Å². The molecule has 8 heteroatoms. The number of benzene rings is 1. The second-order valence-electron chi connectivity index (χ2n) is 8.17. The number of hydrogen-bond acceptors (Lipinski definition) is 5. The van der Waals surface area contributed by atoms with Crippen LogP contribution >= 0.6 is 11.8 Å². The van der Waals surface area contributed by atoms with Gasteiger partial charge in [-0.05, 0) is 92.6 Å². The van der Waals surface area contributed by atoms with Gasteiger partial charge >= 0.3 is 0 Å². The van der Waals surface area contributed by atoms with Crippen LogP contribution in [0.5, 0.6) is 0 Å². The number of pyridine rings is 1. The number of amides is 1. The lowest BCUT2D eigenvalue weighted by Gasteiger charge is -2.20. The largest absolute Gasteiger partial charge is 0.318 e. The van der Waals surface area contributed by atoms with E-state index < -0.39 is 5.91 Å². The van der Waals surface area contributed by atoms with Gasteiger partial charge in [0.25, 0.3) is 5.91 Å². The van der Waals surface area contributed by atoms with E-state index in [4.69, 9.17) is 5.41 Å². The summed E-state index contributed by atoms with van der Waals surface area (Å²) in [5.74, 6) is -0.412. The van der Waals surface area contributed by atoms with Crippen LogP contribution in [-0.4, -0.2) is 36.5 Å². The average molecular weight is 455 g/mol. The third-order valence-corrected chi connectivity index (χ3v) is 6.56. The number of carbonyl (C=O) groups is 1. The van der Waals surface area contributed by atoms with Crippen molar-refractivity contribution in [3.05, 3.63) is 88.0 Å². The number of hydrazone groups is 1. The average Bonchev–Trinajstić information content (AvgIpc) is 3.31. The molecular weight excluding hydrogens is 432 g/mol. The number of aryl methyl sites for hydroxylation is 3. The van der Waals surface area contributed by atoms with Gasteiger partial charge in [-0.1, -0.05) is 6.07 Å². The van der Waals surface area contributed by atoms with Crippen molar-refractivity contribution in [2.45, 2.75) is 27.7 Å². The molecule has 1 amide bonds. The van der Waals surface area contributed by atoms with Crippen molar-refractivity contribution in [1.82, 2.24) is 14.6 Å². The lowest BCUT2D eigenvalue weighted by Crippen LogP contribution is -2.35. The highest BCUT2D eigenvalue weighted by molar-refractivity contribution is 8.27. The fourth-order valence-corrected chi connectivity index (χ4v) is 5.05. The van der Waals surface area contributed by atoms with E-state index in [0.717, 1.165) is 28.2 Å². The molecule has 5 rings (SSSR count). The first-order valence-electron chi connectivity index (χ1n) is 10.5. The number of aliphatic imine (C=N–C) groups is 1. The Bertz CT molecular complexity index is 1390. The van der Waals surface area contributed by atoms with Crippen molar-refractivity contribution in [3.63, 3.8) is 0 Å². The Labute approximate surface area is 196 Å². The molecule has 0 radical (unpaired) electrons. The van der Waals surface area contributed by atoms with Gasteiger partial charge < -0.3 is 4.57 Å². The zero-order valence-corrected chi connectivity index (χ0v) is 19.6. The molecule has 0 bridgehead atoms. The molecule has 3 aromatic rings. The van der Waals surface area contributed by atoms with Crippen LogP contribution < -0.4 is 0 Å². The van der Waals surface area contributed by atoms with E-state index in [1.807, 2.05) is 32.0 Å². The van der Waals surface area contributed by atoms with Crippen LogP contribution in [-0.2, 0) is 4.79 Å². The minimum Gasteiger partial charge on any atom is -0.318 e. The Morgan fingerprint density at radius 3 is 2.52 bits per heavy atom. The SMILES string of the molecule is Cc1cc(C)cc(-n2c(C)cc(/C=C3/C(=N)N4N=C(c5cccnc5)SC4=NC3=O)c2C)c1. The normalized spacial score (nSPS) is 16.8. The summed E-state index contributed by atoms with van der Waals surface area (Å²) in [6.07, 6.45) is 5.14. The molecule has 164 valence electrons. The lowest BCUT2D eigenvalue weighted by molar-refractivity contribution is -0.114. The highest BCUT2D eigenvalue weighted by Gasteiger charge is 2.36. The number of nitrogens with zero attached hydrogens (tertiary/aromatic N) is 5. The molecule has 4 heterocycles. The van der Waals surface area contributed by atoms with Crippen molar-refractivity contribution < 1.29 is 4.79 Å². The maximum absolute atomic E-state index is 12.9. The molecule has 2 aliphatic rings. The van der Waals surface area contributed by atoms with Crippen LogP contribution in [0.1, 0.15) is 33.6 Å². The van der Waals surface area contributed by atoms with Gasteiger partial charge in [0.15, 0.2) is 5.84 Å². The van der Waals surface area contributed by atoms with Gasteiger partial charge in [0.1, 0.15) is 5.04 Å². The summed E-state index contributed by atoms with van der Waals surface area (Å²) in [5.41, 5.74) is 7.43. The summed E-state index contributed by atoms with van der Waals surface area (Å²) in [7, 11) is 0. The Morgan fingerprint density at radius 1 is 1.06 bits per heavy atom. The summed E-state index contributed by atoms with van der Waals surface area (Å²) >= 11 is 1.27. The number of carbonyl (C=O) groups excluding carboxylic acids is 1. The Balaban J connectivity index is 1.53. The van der Waals surface area contributed by atoms with Gasteiger partial charge in [-0.25, -0.2) is 0 Å². The molecule has 0 unspecified atom stereocenters. The molecule has 33 heavy (non-hydrogen) atoms. The van der Waals surface area contributed by atoms with Crippen LogP contribution in [0, 0.1) is 33.1 Å². The Kier molecular flexibility index (Phi) is 5.09. The molecule has 2 aromatic heterocycles. The number of hydrogen-bond donors (Lipinski definition) is 1. The summed E-state index contributed by atoms with van der Waals surface area (Å²) in [6, 6.07) is 12.2. The fourth-order valence-electron chi connectivity index (χ4n) is 4.16. The lowest BCUT2D eigenvalue weighted by atomic mass is 10.1. The number of aromatic nitrogens is 2. The minimum atomic E-state index is -0.433. The van der Waals surface area contributed by atoms with Gasteiger partial charge in [0.05, 0.1) is 5.57 Å². The molecular formula is C25H22N6OS. The molecule has 0 saturated heterocycles. The van der Waals surface area contributed by atoms with Gasteiger partial charge in [-0.3, -0.25) is 15.2 Å². The number of rotatable bonds is 3. The first kappa shape index (κ1) is 21.1. The number of nitrogens with one attached hydrogen (secondary N) is 1. The third kappa shape index (κ3) is 3.72. The van der Waals surface area contributed by atoms with Crippen molar-refractivity contribution >= 4 is 39.8 Å². The first-order valence-corrected chi connectivity index (χ1v) is 11.3. The number of fused-ring (bicyclic) bond motifs is 1. The Hall–Kier alpha value is -3.78. The van der Waals surface area contributed by atoms with Crippen LogP contribution in [0.3, 0.4) is 0 Å². The molecule has 1 aromatic carbocycles. The van der Waals surface area contributed by atoms with Crippen molar-refractivity contribution in [1.29, 1.82) is 5.41 Å². The maximum atomic E-state index is 12.9. The highest BCUT2D eigenvalue weighted by atomic mass is 32.2. The second kappa shape index (κ2) is 7.97. The van der Waals surface area contributed by atoms with Gasteiger partial charge in [0, 0.05) is 35.0 Å². The first-order chi connectivity index (χ1) is 15.8. The second-order valence-corrected chi connectivity index (χ2v) is 9.13. The molecule has 2 aliphatic heterocycles. The molecule has 0 atom stereocenters. The van der Waals surface area contributed by atoms with E-state index in [1.165, 1.54) is 27.9 Å². The van der Waals surface area contributed by atoms with Crippen LogP contribution in [0.25, 0.3) is 11.8 Å². The standard InChI is InChI=1S/C25H22N6OS/c1-14-8-15(2)10-20(9-14)30-16(3)11-19(17(30)4)12-21-22(26)31-25(28-23(21)32)33-24(29-31)18-6-5-7-27-13-18/h5-13,26H,1-4H3/b21-12-,26-22?. The number of thioether (sulfide) groups is 1. The number of amidine groups is 2. The molecule has 1 N–H and O–H groups in total. The van der Waals surface area contributed by atoms with E-state index in [0.29, 0.717) is 10.2 Å². The van der Waals surface area contributed by atoms with E-state index in [2.05, 4.69) is 51.7 Å². The summed E-state index contributed by atoms with van der Waals surface area (Å²) in [5, 5.41) is 15.7.